The van der Waals surface area contributed by atoms with E-state index in [4.69, 9.17) is 9.26 Å². The van der Waals surface area contributed by atoms with Gasteiger partial charge in [-0.2, -0.15) is 4.98 Å². The maximum Gasteiger partial charge on any atom is 0.246 e. The summed E-state index contributed by atoms with van der Waals surface area (Å²) in [6, 6.07) is 0. The van der Waals surface area contributed by atoms with Gasteiger partial charge in [-0.15, -0.1) is 11.3 Å². The van der Waals surface area contributed by atoms with E-state index in [9.17, 15) is 0 Å². The van der Waals surface area contributed by atoms with E-state index in [1.54, 1.807) is 18.4 Å². The van der Waals surface area contributed by atoms with Crippen LogP contribution in [-0.2, 0) is 17.7 Å². The summed E-state index contributed by atoms with van der Waals surface area (Å²) in [7, 11) is 1.73. The molecule has 138 valence electrons. The van der Waals surface area contributed by atoms with E-state index >= 15 is 0 Å². The molecule has 2 aromatic heterocycles. The van der Waals surface area contributed by atoms with Crippen molar-refractivity contribution in [2.45, 2.75) is 46.8 Å². The molecule has 25 heavy (non-hydrogen) atoms. The Labute approximate surface area is 152 Å². The van der Waals surface area contributed by atoms with E-state index in [2.05, 4.69) is 37.7 Å². The summed E-state index contributed by atoms with van der Waals surface area (Å²) >= 11 is 1.74. The number of ether oxygens (including phenoxy) is 1. The van der Waals surface area contributed by atoms with Crippen LogP contribution in [0, 0.1) is 13.8 Å². The average molecular weight is 366 g/mol. The molecule has 0 fully saturated rings. The van der Waals surface area contributed by atoms with Gasteiger partial charge in [0.15, 0.2) is 11.8 Å². The minimum Gasteiger partial charge on any atom is -0.371 e. The van der Waals surface area contributed by atoms with Crippen LogP contribution in [0.1, 0.15) is 47.2 Å². The number of hydrogen-bond acceptors (Lipinski definition) is 7. The highest BCUT2D eigenvalue weighted by Gasteiger charge is 2.13. The molecule has 0 aromatic carbocycles. The van der Waals surface area contributed by atoms with Crippen LogP contribution in [0.3, 0.4) is 0 Å². The van der Waals surface area contributed by atoms with Gasteiger partial charge in [-0.1, -0.05) is 5.16 Å². The highest BCUT2D eigenvalue weighted by atomic mass is 32.1. The third-order valence-electron chi connectivity index (χ3n) is 3.60. The SMILES string of the molecule is CCOC(C)c1noc(CNC(=NC)NCCc2nc(C)c(C)s2)n1. The lowest BCUT2D eigenvalue weighted by atomic mass is 10.4. The first-order valence-corrected chi connectivity index (χ1v) is 9.16. The van der Waals surface area contributed by atoms with Crippen LogP contribution in [0.4, 0.5) is 0 Å². The number of rotatable bonds is 8. The third kappa shape index (κ3) is 5.79. The molecule has 2 heterocycles. The standard InChI is InChI=1S/C16H26N6O2S/c1-6-23-11(3)15-21-13(24-22-15)9-19-16(17-5)18-8-7-14-20-10(2)12(4)25-14/h11H,6-9H2,1-5H3,(H2,17,18,19). The van der Waals surface area contributed by atoms with E-state index in [1.165, 1.54) is 4.88 Å². The molecule has 1 atom stereocenters. The zero-order chi connectivity index (χ0) is 18.2. The number of aliphatic imine (C=N–C) groups is 1. The van der Waals surface area contributed by atoms with Gasteiger partial charge in [0.05, 0.1) is 17.2 Å². The van der Waals surface area contributed by atoms with Gasteiger partial charge in [0, 0.05) is 31.5 Å². The van der Waals surface area contributed by atoms with Gasteiger partial charge in [0.25, 0.3) is 0 Å². The molecule has 1 unspecified atom stereocenters. The van der Waals surface area contributed by atoms with Crippen molar-refractivity contribution >= 4 is 17.3 Å². The molecular formula is C16H26N6O2S. The summed E-state index contributed by atoms with van der Waals surface area (Å²) in [6.07, 6.45) is 0.682. The van der Waals surface area contributed by atoms with Crippen molar-refractivity contribution < 1.29 is 9.26 Å². The second-order valence-corrected chi connectivity index (χ2v) is 6.78. The van der Waals surface area contributed by atoms with Gasteiger partial charge >= 0.3 is 0 Å². The molecular weight excluding hydrogens is 340 g/mol. The molecule has 8 nitrogen and oxygen atoms in total. The normalized spacial score (nSPS) is 13.1. The van der Waals surface area contributed by atoms with Crippen molar-refractivity contribution in [3.05, 3.63) is 27.3 Å². The zero-order valence-corrected chi connectivity index (χ0v) is 16.2. The second kappa shape index (κ2) is 9.47. The van der Waals surface area contributed by atoms with E-state index in [0.717, 1.165) is 23.7 Å². The van der Waals surface area contributed by atoms with Crippen molar-refractivity contribution in [1.82, 2.24) is 25.8 Å². The molecule has 2 N–H and O–H groups in total. The molecule has 0 radical (unpaired) electrons. The molecule has 0 bridgehead atoms. The smallest absolute Gasteiger partial charge is 0.246 e. The summed E-state index contributed by atoms with van der Waals surface area (Å²) in [5.41, 5.74) is 1.11. The van der Waals surface area contributed by atoms with Gasteiger partial charge in [-0.25, -0.2) is 4.98 Å². The van der Waals surface area contributed by atoms with Crippen molar-refractivity contribution in [1.29, 1.82) is 0 Å². The van der Waals surface area contributed by atoms with Gasteiger partial charge in [-0.05, 0) is 27.7 Å². The lowest BCUT2D eigenvalue weighted by Crippen LogP contribution is -2.37. The maximum absolute atomic E-state index is 5.45. The summed E-state index contributed by atoms with van der Waals surface area (Å²) in [5.74, 6) is 1.73. The summed E-state index contributed by atoms with van der Waals surface area (Å²) in [4.78, 5) is 14.3. The lowest BCUT2D eigenvalue weighted by molar-refractivity contribution is 0.0683. The van der Waals surface area contributed by atoms with Gasteiger partial charge in [0.1, 0.15) is 6.10 Å². The molecule has 9 heteroatoms. The van der Waals surface area contributed by atoms with Crippen molar-refractivity contribution in [3.8, 4) is 0 Å². The summed E-state index contributed by atoms with van der Waals surface area (Å²) in [5, 5.41) is 11.5. The maximum atomic E-state index is 5.45. The molecule has 0 saturated heterocycles. The predicted molar refractivity (Wildman–Crippen MR) is 97.8 cm³/mol. The van der Waals surface area contributed by atoms with E-state index in [1.807, 2.05) is 20.8 Å². The molecule has 0 amide bonds. The highest BCUT2D eigenvalue weighted by Crippen LogP contribution is 2.16. The van der Waals surface area contributed by atoms with E-state index < -0.39 is 0 Å². The second-order valence-electron chi connectivity index (χ2n) is 5.50. The molecule has 0 aliphatic carbocycles. The Hall–Kier alpha value is -2.00. The van der Waals surface area contributed by atoms with Crippen molar-refractivity contribution in [2.75, 3.05) is 20.2 Å². The Morgan fingerprint density at radius 1 is 1.32 bits per heavy atom. The summed E-state index contributed by atoms with van der Waals surface area (Å²) in [6.45, 7) is 9.72. The Morgan fingerprint density at radius 3 is 2.76 bits per heavy atom. The average Bonchev–Trinajstić information content (AvgIpc) is 3.18. The number of aryl methyl sites for hydroxylation is 2. The fourth-order valence-corrected chi connectivity index (χ4v) is 3.08. The van der Waals surface area contributed by atoms with Crippen LogP contribution in [0.2, 0.25) is 0 Å². The van der Waals surface area contributed by atoms with Crippen LogP contribution in [-0.4, -0.2) is 41.3 Å². The van der Waals surface area contributed by atoms with Crippen molar-refractivity contribution in [2.24, 2.45) is 4.99 Å². The van der Waals surface area contributed by atoms with Gasteiger partial charge < -0.3 is 19.9 Å². The first kappa shape index (κ1) is 19.3. The summed E-state index contributed by atoms with van der Waals surface area (Å²) < 4.78 is 10.7. The highest BCUT2D eigenvalue weighted by molar-refractivity contribution is 7.11. The Morgan fingerprint density at radius 2 is 2.12 bits per heavy atom. The molecule has 2 rings (SSSR count). The zero-order valence-electron chi connectivity index (χ0n) is 15.4. The Kier molecular flexibility index (Phi) is 7.32. The fraction of sp³-hybridized carbons (Fsp3) is 0.625. The molecule has 0 spiro atoms. The van der Waals surface area contributed by atoms with Crippen LogP contribution < -0.4 is 10.6 Å². The first-order valence-electron chi connectivity index (χ1n) is 8.35. The number of guanidine groups is 1. The Balaban J connectivity index is 1.76. The van der Waals surface area contributed by atoms with Crippen LogP contribution in [0.5, 0.6) is 0 Å². The minimum absolute atomic E-state index is 0.176. The number of nitrogens with zero attached hydrogens (tertiary/aromatic N) is 4. The quantitative estimate of drug-likeness (QED) is 0.546. The molecule has 0 aliphatic heterocycles. The molecule has 0 saturated carbocycles. The lowest BCUT2D eigenvalue weighted by Gasteiger charge is -2.09. The molecule has 0 aliphatic rings. The van der Waals surface area contributed by atoms with E-state index in [-0.39, 0.29) is 6.10 Å². The van der Waals surface area contributed by atoms with Gasteiger partial charge in [-0.3, -0.25) is 4.99 Å². The van der Waals surface area contributed by atoms with Crippen LogP contribution >= 0.6 is 11.3 Å². The van der Waals surface area contributed by atoms with Gasteiger partial charge in [0.2, 0.25) is 5.89 Å². The number of nitrogens with one attached hydrogen (secondary N) is 2. The minimum atomic E-state index is -0.176. The molecule has 2 aromatic rings. The monoisotopic (exact) mass is 366 g/mol. The van der Waals surface area contributed by atoms with E-state index in [0.29, 0.717) is 30.8 Å². The number of aromatic nitrogens is 3. The largest absolute Gasteiger partial charge is 0.371 e. The Bertz CT molecular complexity index is 677. The van der Waals surface area contributed by atoms with Crippen molar-refractivity contribution in [3.63, 3.8) is 0 Å². The van der Waals surface area contributed by atoms with Crippen LogP contribution in [0.25, 0.3) is 0 Å². The number of thiazole rings is 1. The first-order chi connectivity index (χ1) is 12.0. The fourth-order valence-electron chi connectivity index (χ4n) is 2.14. The predicted octanol–water partition coefficient (Wildman–Crippen LogP) is 2.15. The topological polar surface area (TPSA) is 97.5 Å². The van der Waals surface area contributed by atoms with Crippen LogP contribution in [0.15, 0.2) is 9.52 Å². The number of hydrogen-bond donors (Lipinski definition) is 2. The third-order valence-corrected chi connectivity index (χ3v) is 4.73.